The van der Waals surface area contributed by atoms with E-state index < -0.39 is 11.9 Å². The number of amides is 2. The van der Waals surface area contributed by atoms with Crippen molar-refractivity contribution < 1.29 is 14.3 Å². The molecule has 1 fully saturated rings. The molecular weight excluding hydrogens is 402 g/mol. The van der Waals surface area contributed by atoms with Crippen molar-refractivity contribution in [1.82, 2.24) is 5.32 Å². The summed E-state index contributed by atoms with van der Waals surface area (Å²) in [5.41, 5.74) is 2.13. The summed E-state index contributed by atoms with van der Waals surface area (Å²) in [7, 11) is 1.49. The maximum absolute atomic E-state index is 12.9. The van der Waals surface area contributed by atoms with Gasteiger partial charge in [0.05, 0.1) is 12.7 Å². The summed E-state index contributed by atoms with van der Waals surface area (Å²) >= 11 is 6.04. The minimum atomic E-state index is -0.665. The summed E-state index contributed by atoms with van der Waals surface area (Å²) in [6.07, 6.45) is 3.65. The zero-order valence-electron chi connectivity index (χ0n) is 17.4. The molecule has 1 unspecified atom stereocenters. The number of nitrogens with zero attached hydrogens (tertiary/aromatic N) is 1. The molecule has 1 heterocycles. The average Bonchev–Trinajstić information content (AvgIpc) is 3.28. The van der Waals surface area contributed by atoms with Gasteiger partial charge in [-0.25, -0.2) is 0 Å². The van der Waals surface area contributed by atoms with Gasteiger partial charge in [-0.2, -0.15) is 0 Å². The van der Waals surface area contributed by atoms with Gasteiger partial charge < -0.3 is 20.3 Å². The molecule has 1 aliphatic rings. The lowest BCUT2D eigenvalue weighted by Crippen LogP contribution is -2.43. The second kappa shape index (κ2) is 10.3. The largest absolute Gasteiger partial charge is 0.496 e. The van der Waals surface area contributed by atoms with Crippen LogP contribution in [0, 0.1) is 0 Å². The Bertz CT molecular complexity index is 897. The van der Waals surface area contributed by atoms with Crippen LogP contribution >= 0.6 is 11.6 Å². The molecule has 30 heavy (non-hydrogen) atoms. The number of benzene rings is 2. The lowest BCUT2D eigenvalue weighted by Gasteiger charge is -2.21. The molecule has 0 aliphatic carbocycles. The zero-order valence-corrected chi connectivity index (χ0v) is 18.2. The molecule has 160 valence electrons. The predicted octanol–water partition coefficient (Wildman–Crippen LogP) is 4.49. The average molecular weight is 430 g/mol. The summed E-state index contributed by atoms with van der Waals surface area (Å²) in [5.74, 6) is -0.232. The van der Waals surface area contributed by atoms with Crippen molar-refractivity contribution >= 4 is 34.8 Å². The second-order valence-electron chi connectivity index (χ2n) is 7.39. The molecule has 6 nitrogen and oxygen atoms in total. The Kier molecular flexibility index (Phi) is 7.57. The molecule has 1 aliphatic heterocycles. The summed E-state index contributed by atoms with van der Waals surface area (Å²) in [4.78, 5) is 28.0. The highest BCUT2D eigenvalue weighted by molar-refractivity contribution is 6.31. The van der Waals surface area contributed by atoms with Gasteiger partial charge in [0.25, 0.3) is 5.91 Å². The second-order valence-corrected chi connectivity index (χ2v) is 7.83. The first kappa shape index (κ1) is 22.0. The van der Waals surface area contributed by atoms with Gasteiger partial charge in [-0.3, -0.25) is 9.59 Å². The third kappa shape index (κ3) is 5.45. The first-order valence-corrected chi connectivity index (χ1v) is 10.7. The Morgan fingerprint density at radius 2 is 1.93 bits per heavy atom. The third-order valence-corrected chi connectivity index (χ3v) is 5.43. The lowest BCUT2D eigenvalue weighted by atomic mass is 10.1. The van der Waals surface area contributed by atoms with Gasteiger partial charge in [-0.15, -0.1) is 0 Å². The van der Waals surface area contributed by atoms with Crippen LogP contribution in [0.2, 0.25) is 5.02 Å². The minimum Gasteiger partial charge on any atom is -0.496 e. The number of nitrogens with one attached hydrogen (secondary N) is 2. The number of anilines is 2. The minimum absolute atomic E-state index is 0.246. The summed E-state index contributed by atoms with van der Waals surface area (Å²) < 4.78 is 5.26. The topological polar surface area (TPSA) is 70.7 Å². The van der Waals surface area contributed by atoms with E-state index in [2.05, 4.69) is 21.6 Å². The molecule has 0 aromatic heterocycles. The highest BCUT2D eigenvalue weighted by Crippen LogP contribution is 2.24. The fourth-order valence-electron chi connectivity index (χ4n) is 3.64. The number of methoxy groups -OCH3 is 1. The Morgan fingerprint density at radius 1 is 1.17 bits per heavy atom. The molecule has 2 aromatic carbocycles. The van der Waals surface area contributed by atoms with E-state index in [9.17, 15) is 9.59 Å². The monoisotopic (exact) mass is 429 g/mol. The number of carbonyl (C=O) groups excluding carboxylic acids is 2. The predicted molar refractivity (Wildman–Crippen MR) is 121 cm³/mol. The number of carbonyl (C=O) groups is 2. The molecule has 0 spiro atoms. The van der Waals surface area contributed by atoms with Crippen molar-refractivity contribution in [3.05, 3.63) is 53.1 Å². The van der Waals surface area contributed by atoms with Crippen LogP contribution < -0.4 is 20.3 Å². The number of hydrogen-bond donors (Lipinski definition) is 2. The normalized spacial score (nSPS) is 14.3. The summed E-state index contributed by atoms with van der Waals surface area (Å²) in [6, 6.07) is 12.0. The standard InChI is InChI=1S/C23H28ClN3O3/c1-3-7-20(26-22(28)19-14-16(24)10-11-21(19)30-2)23(29)25-17-8-6-9-18(15-17)27-12-4-5-13-27/h6,8-11,14-15,20H,3-5,7,12-13H2,1-2H3,(H,25,29)(H,26,28). The number of hydrogen-bond acceptors (Lipinski definition) is 4. The number of rotatable bonds is 8. The highest BCUT2D eigenvalue weighted by atomic mass is 35.5. The van der Waals surface area contributed by atoms with Crippen LogP contribution in [0.5, 0.6) is 5.75 Å². The molecule has 0 bridgehead atoms. The first-order chi connectivity index (χ1) is 14.5. The molecular formula is C23H28ClN3O3. The van der Waals surface area contributed by atoms with Crippen molar-refractivity contribution in [2.24, 2.45) is 0 Å². The van der Waals surface area contributed by atoms with Crippen LogP contribution in [0.4, 0.5) is 11.4 Å². The van der Waals surface area contributed by atoms with Crippen LogP contribution in [-0.2, 0) is 4.79 Å². The number of ether oxygens (including phenoxy) is 1. The van der Waals surface area contributed by atoms with Gasteiger partial charge in [-0.1, -0.05) is 31.0 Å². The third-order valence-electron chi connectivity index (χ3n) is 5.19. The molecule has 2 amide bonds. The Hall–Kier alpha value is -2.73. The van der Waals surface area contributed by atoms with Crippen molar-refractivity contribution in [1.29, 1.82) is 0 Å². The van der Waals surface area contributed by atoms with Gasteiger partial charge in [0.15, 0.2) is 0 Å². The maximum Gasteiger partial charge on any atom is 0.255 e. The fourth-order valence-corrected chi connectivity index (χ4v) is 3.81. The summed E-state index contributed by atoms with van der Waals surface area (Å²) in [6.45, 7) is 4.04. The van der Waals surface area contributed by atoms with Crippen LogP contribution in [0.15, 0.2) is 42.5 Å². The Morgan fingerprint density at radius 3 is 2.63 bits per heavy atom. The molecule has 0 radical (unpaired) electrons. The van der Waals surface area contributed by atoms with E-state index in [-0.39, 0.29) is 5.91 Å². The zero-order chi connectivity index (χ0) is 21.5. The van der Waals surface area contributed by atoms with E-state index in [0.717, 1.165) is 30.9 Å². The van der Waals surface area contributed by atoms with Gasteiger partial charge in [0.1, 0.15) is 11.8 Å². The molecule has 3 rings (SSSR count). The van der Waals surface area contributed by atoms with E-state index in [0.29, 0.717) is 22.8 Å². The van der Waals surface area contributed by atoms with E-state index in [1.165, 1.54) is 26.0 Å². The van der Waals surface area contributed by atoms with Crippen LogP contribution in [0.1, 0.15) is 43.0 Å². The van der Waals surface area contributed by atoms with Crippen molar-refractivity contribution in [2.75, 3.05) is 30.4 Å². The fraction of sp³-hybridized carbons (Fsp3) is 0.391. The van der Waals surface area contributed by atoms with E-state index in [1.807, 2.05) is 25.1 Å². The molecule has 2 N–H and O–H groups in total. The van der Waals surface area contributed by atoms with Crippen LogP contribution in [0.3, 0.4) is 0 Å². The van der Waals surface area contributed by atoms with Gasteiger partial charge in [0.2, 0.25) is 5.91 Å². The Balaban J connectivity index is 1.71. The first-order valence-electron chi connectivity index (χ1n) is 10.3. The van der Waals surface area contributed by atoms with Crippen molar-refractivity contribution in [3.8, 4) is 5.75 Å². The van der Waals surface area contributed by atoms with Gasteiger partial charge in [-0.05, 0) is 55.7 Å². The van der Waals surface area contributed by atoms with E-state index >= 15 is 0 Å². The van der Waals surface area contributed by atoms with E-state index in [4.69, 9.17) is 16.3 Å². The summed E-state index contributed by atoms with van der Waals surface area (Å²) in [5, 5.41) is 6.20. The van der Waals surface area contributed by atoms with Crippen molar-refractivity contribution in [2.45, 2.75) is 38.6 Å². The molecule has 7 heteroatoms. The maximum atomic E-state index is 12.9. The van der Waals surface area contributed by atoms with Crippen molar-refractivity contribution in [3.63, 3.8) is 0 Å². The highest BCUT2D eigenvalue weighted by Gasteiger charge is 2.23. The quantitative estimate of drug-likeness (QED) is 0.648. The smallest absolute Gasteiger partial charge is 0.255 e. The lowest BCUT2D eigenvalue weighted by molar-refractivity contribution is -0.118. The van der Waals surface area contributed by atoms with E-state index in [1.54, 1.807) is 12.1 Å². The molecule has 1 saturated heterocycles. The molecule has 0 saturated carbocycles. The number of halogens is 1. The SMILES string of the molecule is CCCC(NC(=O)c1cc(Cl)ccc1OC)C(=O)Nc1cccc(N2CCCC2)c1. The molecule has 2 aromatic rings. The van der Waals surface area contributed by atoms with Gasteiger partial charge >= 0.3 is 0 Å². The Labute approximate surface area is 182 Å². The molecule has 1 atom stereocenters. The van der Waals surface area contributed by atoms with Gasteiger partial charge in [0, 0.05) is 29.5 Å². The van der Waals surface area contributed by atoms with Crippen LogP contribution in [-0.4, -0.2) is 38.1 Å². The van der Waals surface area contributed by atoms with Crippen LogP contribution in [0.25, 0.3) is 0 Å².